The maximum absolute atomic E-state index is 12.2. The summed E-state index contributed by atoms with van der Waals surface area (Å²) in [5, 5.41) is 6.00. The Hall–Kier alpha value is -0.880. The standard InChI is InChI=1S/C12H14N2O2S2/c1-6-4-8(15)13-12(17-6)5-11(3)14-10(16)9(12)7(2)18-11/h4,9H,2,5H2,1,3H3,(H,13,15)(H,14,16). The molecule has 4 aliphatic heterocycles. The first kappa shape index (κ1) is 12.2. The van der Waals surface area contributed by atoms with Gasteiger partial charge in [0.25, 0.3) is 0 Å². The number of carbonyl (C=O) groups excluding carboxylic acids is 2. The maximum Gasteiger partial charge on any atom is 0.245 e. The van der Waals surface area contributed by atoms with Gasteiger partial charge in [-0.1, -0.05) is 6.58 Å². The molecule has 0 radical (unpaired) electrons. The van der Waals surface area contributed by atoms with Gasteiger partial charge < -0.3 is 10.6 Å². The van der Waals surface area contributed by atoms with Crippen molar-refractivity contribution in [3.05, 3.63) is 22.5 Å². The summed E-state index contributed by atoms with van der Waals surface area (Å²) in [7, 11) is 0. The van der Waals surface area contributed by atoms with E-state index >= 15 is 0 Å². The minimum atomic E-state index is -0.560. The number of carbonyl (C=O) groups is 2. The van der Waals surface area contributed by atoms with E-state index in [4.69, 9.17) is 0 Å². The fourth-order valence-corrected chi connectivity index (χ4v) is 6.23. The van der Waals surface area contributed by atoms with Crippen LogP contribution in [0.1, 0.15) is 20.3 Å². The third-order valence-electron chi connectivity index (χ3n) is 3.41. The summed E-state index contributed by atoms with van der Waals surface area (Å²) >= 11 is 3.18. The second-order valence-electron chi connectivity index (χ2n) is 5.13. The Morgan fingerprint density at radius 2 is 2.11 bits per heavy atom. The highest BCUT2D eigenvalue weighted by Gasteiger charge is 2.60. The molecule has 3 fully saturated rings. The summed E-state index contributed by atoms with van der Waals surface area (Å²) in [5.74, 6) is -0.509. The van der Waals surface area contributed by atoms with Crippen LogP contribution >= 0.6 is 23.5 Å². The van der Waals surface area contributed by atoms with Crippen molar-refractivity contribution in [2.75, 3.05) is 0 Å². The molecule has 3 saturated heterocycles. The minimum absolute atomic E-state index is 0.0324. The van der Waals surface area contributed by atoms with Crippen molar-refractivity contribution in [1.82, 2.24) is 10.6 Å². The van der Waals surface area contributed by atoms with Crippen LogP contribution in [-0.2, 0) is 9.59 Å². The Labute approximate surface area is 114 Å². The first-order chi connectivity index (χ1) is 8.34. The predicted octanol–water partition coefficient (Wildman–Crippen LogP) is 1.56. The second kappa shape index (κ2) is 3.57. The monoisotopic (exact) mass is 282 g/mol. The number of piperidine rings is 1. The quantitative estimate of drug-likeness (QED) is 0.708. The van der Waals surface area contributed by atoms with Crippen molar-refractivity contribution >= 4 is 35.3 Å². The molecular weight excluding hydrogens is 268 g/mol. The zero-order valence-electron chi connectivity index (χ0n) is 10.2. The van der Waals surface area contributed by atoms with E-state index in [1.165, 1.54) is 0 Å². The van der Waals surface area contributed by atoms with E-state index in [1.807, 2.05) is 13.8 Å². The summed E-state index contributed by atoms with van der Waals surface area (Å²) < 4.78 is 0. The van der Waals surface area contributed by atoms with Crippen LogP contribution in [0.2, 0.25) is 0 Å². The number of amides is 2. The third-order valence-corrected chi connectivity index (χ3v) is 5.89. The zero-order valence-corrected chi connectivity index (χ0v) is 11.8. The van der Waals surface area contributed by atoms with Crippen molar-refractivity contribution in [2.45, 2.75) is 30.0 Å². The van der Waals surface area contributed by atoms with E-state index in [0.29, 0.717) is 6.42 Å². The number of thioether (sulfide) groups is 2. The molecule has 1 spiro atoms. The van der Waals surface area contributed by atoms with E-state index in [-0.39, 0.29) is 22.6 Å². The van der Waals surface area contributed by atoms with Gasteiger partial charge in [0.05, 0.1) is 4.87 Å². The molecule has 3 unspecified atom stereocenters. The van der Waals surface area contributed by atoms with Crippen LogP contribution in [0.15, 0.2) is 22.5 Å². The van der Waals surface area contributed by atoms with Gasteiger partial charge in [-0.3, -0.25) is 9.59 Å². The Balaban J connectivity index is 2.08. The van der Waals surface area contributed by atoms with Crippen LogP contribution < -0.4 is 10.6 Å². The van der Waals surface area contributed by atoms with Gasteiger partial charge in [0, 0.05) is 12.5 Å². The highest BCUT2D eigenvalue weighted by Crippen LogP contribution is 2.58. The first-order valence-corrected chi connectivity index (χ1v) is 7.36. The SMILES string of the molecule is C=C1SC2(C)CC3(NC(=O)C=C(C)S3)C1C(=O)N2. The molecule has 96 valence electrons. The van der Waals surface area contributed by atoms with Gasteiger partial charge in [0.1, 0.15) is 10.8 Å². The number of hydrogen-bond donors (Lipinski definition) is 2. The van der Waals surface area contributed by atoms with Gasteiger partial charge >= 0.3 is 0 Å². The number of rotatable bonds is 0. The van der Waals surface area contributed by atoms with Gasteiger partial charge in [-0.15, -0.1) is 23.5 Å². The third kappa shape index (κ3) is 1.62. The molecule has 3 atom stereocenters. The van der Waals surface area contributed by atoms with Crippen LogP contribution in [-0.4, -0.2) is 21.6 Å². The second-order valence-corrected chi connectivity index (χ2v) is 8.34. The molecule has 18 heavy (non-hydrogen) atoms. The van der Waals surface area contributed by atoms with Crippen molar-refractivity contribution in [3.8, 4) is 0 Å². The highest BCUT2D eigenvalue weighted by atomic mass is 32.2. The summed E-state index contributed by atoms with van der Waals surface area (Å²) in [6, 6.07) is 0. The Bertz CT molecular complexity index is 496. The van der Waals surface area contributed by atoms with Gasteiger partial charge in [0.2, 0.25) is 11.8 Å². The molecule has 2 N–H and O–H groups in total. The number of nitrogens with one attached hydrogen (secondary N) is 2. The molecule has 4 rings (SSSR count). The Kier molecular flexibility index (Phi) is 2.41. The van der Waals surface area contributed by atoms with Crippen LogP contribution in [0, 0.1) is 5.92 Å². The summed E-state index contributed by atoms with van der Waals surface area (Å²) in [5.41, 5.74) is 0. The molecular formula is C12H14N2O2S2. The first-order valence-electron chi connectivity index (χ1n) is 5.73. The van der Waals surface area contributed by atoms with Gasteiger partial charge in [0.15, 0.2) is 0 Å². The van der Waals surface area contributed by atoms with E-state index in [9.17, 15) is 9.59 Å². The lowest BCUT2D eigenvalue weighted by molar-refractivity contribution is -0.130. The Morgan fingerprint density at radius 1 is 1.39 bits per heavy atom. The fraction of sp³-hybridized carbons (Fsp3) is 0.500. The normalized spacial score (nSPS) is 42.7. The highest BCUT2D eigenvalue weighted by molar-refractivity contribution is 8.06. The van der Waals surface area contributed by atoms with Gasteiger partial charge in [-0.2, -0.15) is 0 Å². The zero-order chi connectivity index (χ0) is 13.1. The van der Waals surface area contributed by atoms with Crippen molar-refractivity contribution in [2.24, 2.45) is 5.92 Å². The van der Waals surface area contributed by atoms with Crippen molar-refractivity contribution < 1.29 is 9.59 Å². The average molecular weight is 282 g/mol. The molecule has 6 heteroatoms. The topological polar surface area (TPSA) is 58.2 Å². The number of fused-ring (bicyclic) bond motifs is 2. The maximum atomic E-state index is 12.2. The lowest BCUT2D eigenvalue weighted by atomic mass is 9.86. The Morgan fingerprint density at radius 3 is 2.67 bits per heavy atom. The lowest BCUT2D eigenvalue weighted by Crippen LogP contribution is -2.70. The minimum Gasteiger partial charge on any atom is -0.341 e. The lowest BCUT2D eigenvalue weighted by Gasteiger charge is -2.56. The van der Waals surface area contributed by atoms with Crippen LogP contribution in [0.25, 0.3) is 0 Å². The van der Waals surface area contributed by atoms with Crippen molar-refractivity contribution in [3.63, 3.8) is 0 Å². The largest absolute Gasteiger partial charge is 0.341 e. The number of allylic oxidation sites excluding steroid dienone is 1. The van der Waals surface area contributed by atoms with E-state index in [1.54, 1.807) is 29.6 Å². The van der Waals surface area contributed by atoms with E-state index in [0.717, 1.165) is 9.81 Å². The average Bonchev–Trinajstić information content (AvgIpc) is 2.09. The van der Waals surface area contributed by atoms with Crippen LogP contribution in [0.4, 0.5) is 0 Å². The molecule has 0 aromatic rings. The van der Waals surface area contributed by atoms with E-state index in [2.05, 4.69) is 17.2 Å². The van der Waals surface area contributed by atoms with Gasteiger partial charge in [-0.05, 0) is 23.7 Å². The molecule has 0 aromatic heterocycles. The molecule has 2 bridgehead atoms. The summed E-state index contributed by atoms with van der Waals surface area (Å²) in [4.78, 5) is 24.8. The molecule has 2 amide bonds. The van der Waals surface area contributed by atoms with Crippen LogP contribution in [0.5, 0.6) is 0 Å². The molecule has 0 saturated carbocycles. The molecule has 0 aromatic carbocycles. The predicted molar refractivity (Wildman–Crippen MR) is 73.6 cm³/mol. The fourth-order valence-electron chi connectivity index (χ4n) is 2.99. The molecule has 0 aliphatic carbocycles. The summed E-state index contributed by atoms with van der Waals surface area (Å²) in [6.07, 6.45) is 2.29. The van der Waals surface area contributed by atoms with Gasteiger partial charge in [-0.25, -0.2) is 0 Å². The molecule has 4 nitrogen and oxygen atoms in total. The number of hydrogen-bond acceptors (Lipinski definition) is 4. The summed E-state index contributed by atoms with van der Waals surface area (Å²) in [6.45, 7) is 7.90. The molecule has 4 aliphatic rings. The molecule has 4 heterocycles. The van der Waals surface area contributed by atoms with Crippen LogP contribution in [0.3, 0.4) is 0 Å². The smallest absolute Gasteiger partial charge is 0.245 e. The van der Waals surface area contributed by atoms with Crippen molar-refractivity contribution in [1.29, 1.82) is 0 Å². The van der Waals surface area contributed by atoms with E-state index < -0.39 is 4.87 Å².